The van der Waals surface area contributed by atoms with Crippen molar-refractivity contribution in [3.8, 4) is 11.3 Å². The Morgan fingerprint density at radius 1 is 1.13 bits per heavy atom. The van der Waals surface area contributed by atoms with Crippen molar-refractivity contribution in [3.63, 3.8) is 0 Å². The van der Waals surface area contributed by atoms with Crippen LogP contribution in [0.2, 0.25) is 0 Å². The summed E-state index contributed by atoms with van der Waals surface area (Å²) in [6.07, 6.45) is 1.90. The predicted molar refractivity (Wildman–Crippen MR) is 152 cm³/mol. The van der Waals surface area contributed by atoms with Gasteiger partial charge in [-0.15, -0.1) is 0 Å². The first-order chi connectivity index (χ1) is 18.8. The van der Waals surface area contributed by atoms with Crippen LogP contribution in [0.3, 0.4) is 0 Å². The van der Waals surface area contributed by atoms with Gasteiger partial charge in [-0.3, -0.25) is 19.9 Å². The Morgan fingerprint density at radius 3 is 2.69 bits per heavy atom. The molecule has 2 aromatic carbocycles. The Balaban J connectivity index is 1.43. The number of carbonyl (C=O) groups excluding carboxylic acids is 1. The first kappa shape index (κ1) is 26.1. The summed E-state index contributed by atoms with van der Waals surface area (Å²) in [6, 6.07) is 20.8. The van der Waals surface area contributed by atoms with E-state index >= 15 is 0 Å². The fraction of sp³-hybridized carbons (Fsp3) is 0.207. The smallest absolute Gasteiger partial charge is 0.280 e. The highest BCUT2D eigenvalue weighted by Gasteiger charge is 2.41. The van der Waals surface area contributed by atoms with Gasteiger partial charge >= 0.3 is 0 Å². The number of pyridine rings is 1. The van der Waals surface area contributed by atoms with E-state index in [-0.39, 0.29) is 24.1 Å². The van der Waals surface area contributed by atoms with E-state index < -0.39 is 11.0 Å². The van der Waals surface area contributed by atoms with Gasteiger partial charge in [0.1, 0.15) is 17.6 Å². The molecule has 1 aliphatic heterocycles. The average Bonchev–Trinajstić information content (AvgIpc) is 3.54. The summed E-state index contributed by atoms with van der Waals surface area (Å²) in [7, 11) is 0. The quantitative estimate of drug-likeness (QED) is 0.162. The Bertz CT molecular complexity index is 1540. The van der Waals surface area contributed by atoms with Gasteiger partial charge in [-0.05, 0) is 73.6 Å². The molecule has 1 fully saturated rings. The molecule has 5 rings (SSSR count). The lowest BCUT2D eigenvalue weighted by atomic mass is 10.0. The second kappa shape index (κ2) is 11.0. The van der Waals surface area contributed by atoms with Crippen molar-refractivity contribution in [1.82, 2.24) is 15.2 Å². The number of carbonyl (C=O) groups is 1. The Labute approximate surface area is 231 Å². The molecule has 2 N–H and O–H groups in total. The summed E-state index contributed by atoms with van der Waals surface area (Å²) in [6.45, 7) is 4.26. The summed E-state index contributed by atoms with van der Waals surface area (Å²) in [5.41, 5.74) is 3.93. The molecule has 0 bridgehead atoms. The highest BCUT2D eigenvalue weighted by Crippen LogP contribution is 2.41. The maximum absolute atomic E-state index is 12.9. The van der Waals surface area contributed by atoms with E-state index in [9.17, 15) is 14.9 Å². The average molecular weight is 542 g/mol. The highest BCUT2D eigenvalue weighted by atomic mass is 32.1. The molecule has 9 nitrogen and oxygen atoms in total. The summed E-state index contributed by atoms with van der Waals surface area (Å²) >= 11 is 5.69. The van der Waals surface area contributed by atoms with Crippen LogP contribution in [0.25, 0.3) is 11.3 Å². The summed E-state index contributed by atoms with van der Waals surface area (Å²) in [5.74, 6) is 0.801. The number of benzene rings is 2. The number of nitro groups is 1. The zero-order chi connectivity index (χ0) is 27.5. The van der Waals surface area contributed by atoms with Gasteiger partial charge in [-0.2, -0.15) is 0 Å². The van der Waals surface area contributed by atoms with Crippen molar-refractivity contribution in [2.75, 3.05) is 11.9 Å². The van der Waals surface area contributed by atoms with Gasteiger partial charge in [0, 0.05) is 30.9 Å². The maximum Gasteiger partial charge on any atom is 0.280 e. The monoisotopic (exact) mass is 541 g/mol. The van der Waals surface area contributed by atoms with Crippen molar-refractivity contribution in [1.29, 1.82) is 0 Å². The SMILES string of the molecule is Cc1ccc(C)c(NC(=O)CCN2C(=S)N[C@@H](c3ccccn3)[C@H]2c2ccc(-c3ccccc3[N+](=O)[O-])o2)c1. The number of hydrogen-bond acceptors (Lipinski definition) is 6. The number of para-hydroxylation sites is 1. The predicted octanol–water partition coefficient (Wildman–Crippen LogP) is 5.87. The lowest BCUT2D eigenvalue weighted by molar-refractivity contribution is -0.384. The Hall–Kier alpha value is -4.57. The standard InChI is InChI=1S/C29H27N5O4S/c1-18-10-11-19(2)22(17-18)31-26(35)14-16-33-28(27(32-29(33)39)21-8-5-6-15-30-21)25-13-12-24(38-25)20-7-3-4-9-23(20)34(36)37/h3-13,15,17,27-28H,14,16H2,1-2H3,(H,31,35)(H,32,39)/t27-,28+/m0/s1. The molecule has 10 heteroatoms. The number of aromatic nitrogens is 1. The van der Waals surface area contributed by atoms with Crippen LogP contribution in [0.5, 0.6) is 0 Å². The van der Waals surface area contributed by atoms with Crippen LogP contribution in [0, 0.1) is 24.0 Å². The van der Waals surface area contributed by atoms with Crippen molar-refractivity contribution >= 4 is 34.6 Å². The number of thiocarbonyl (C=S) groups is 1. The minimum absolute atomic E-state index is 0.0419. The Kier molecular flexibility index (Phi) is 7.38. The van der Waals surface area contributed by atoms with Gasteiger partial charge in [-0.25, -0.2) is 0 Å². The number of nitrogens with zero attached hydrogens (tertiary/aromatic N) is 3. The van der Waals surface area contributed by atoms with Crippen molar-refractivity contribution in [2.24, 2.45) is 0 Å². The number of furan rings is 1. The van der Waals surface area contributed by atoms with Crippen LogP contribution in [-0.2, 0) is 4.79 Å². The molecule has 0 spiro atoms. The van der Waals surface area contributed by atoms with Crippen molar-refractivity contribution in [2.45, 2.75) is 32.4 Å². The molecule has 1 aliphatic rings. The zero-order valence-corrected chi connectivity index (χ0v) is 22.3. The summed E-state index contributed by atoms with van der Waals surface area (Å²) in [5, 5.41) is 18.4. The molecule has 0 radical (unpaired) electrons. The molecule has 198 valence electrons. The molecule has 0 saturated carbocycles. The van der Waals surface area contributed by atoms with Crippen LogP contribution >= 0.6 is 12.2 Å². The van der Waals surface area contributed by atoms with E-state index in [0.29, 0.717) is 28.7 Å². The second-order valence-electron chi connectivity index (χ2n) is 9.41. The van der Waals surface area contributed by atoms with Crippen molar-refractivity contribution < 1.29 is 14.1 Å². The molecular formula is C29H27N5O4S. The lowest BCUT2D eigenvalue weighted by Gasteiger charge is -2.26. The van der Waals surface area contributed by atoms with Crippen LogP contribution in [-0.4, -0.2) is 32.4 Å². The fourth-order valence-electron chi connectivity index (χ4n) is 4.76. The third-order valence-electron chi connectivity index (χ3n) is 6.73. The molecule has 39 heavy (non-hydrogen) atoms. The number of nitro benzene ring substituents is 1. The number of aryl methyl sites for hydroxylation is 2. The van der Waals surface area contributed by atoms with E-state index in [4.69, 9.17) is 16.6 Å². The highest BCUT2D eigenvalue weighted by molar-refractivity contribution is 7.80. The minimum atomic E-state index is -0.429. The first-order valence-electron chi connectivity index (χ1n) is 12.5. The van der Waals surface area contributed by atoms with Gasteiger partial charge in [0.05, 0.1) is 22.2 Å². The van der Waals surface area contributed by atoms with Gasteiger partial charge in [-0.1, -0.05) is 30.3 Å². The minimum Gasteiger partial charge on any atom is -0.459 e. The van der Waals surface area contributed by atoms with E-state index in [0.717, 1.165) is 22.5 Å². The third-order valence-corrected chi connectivity index (χ3v) is 7.08. The lowest BCUT2D eigenvalue weighted by Crippen LogP contribution is -2.32. The van der Waals surface area contributed by atoms with Gasteiger partial charge in [0.15, 0.2) is 5.11 Å². The molecule has 1 saturated heterocycles. The van der Waals surface area contributed by atoms with Crippen LogP contribution in [0.1, 0.15) is 41.1 Å². The molecule has 0 unspecified atom stereocenters. The molecule has 2 aromatic heterocycles. The fourth-order valence-corrected chi connectivity index (χ4v) is 5.09. The first-order valence-corrected chi connectivity index (χ1v) is 12.9. The Morgan fingerprint density at radius 2 is 1.92 bits per heavy atom. The van der Waals surface area contributed by atoms with Crippen molar-refractivity contribution in [3.05, 3.63) is 112 Å². The molecular weight excluding hydrogens is 514 g/mol. The molecule has 1 amide bonds. The van der Waals surface area contributed by atoms with Gasteiger partial charge < -0.3 is 20.0 Å². The summed E-state index contributed by atoms with van der Waals surface area (Å²) in [4.78, 5) is 30.5. The number of anilines is 1. The maximum atomic E-state index is 12.9. The second-order valence-corrected chi connectivity index (χ2v) is 9.80. The largest absolute Gasteiger partial charge is 0.459 e. The van der Waals surface area contributed by atoms with E-state index in [1.807, 2.05) is 55.1 Å². The van der Waals surface area contributed by atoms with Gasteiger partial charge in [0.25, 0.3) is 5.69 Å². The summed E-state index contributed by atoms with van der Waals surface area (Å²) < 4.78 is 6.23. The van der Waals surface area contributed by atoms with Crippen LogP contribution < -0.4 is 10.6 Å². The zero-order valence-electron chi connectivity index (χ0n) is 21.5. The molecule has 2 atom stereocenters. The van der Waals surface area contributed by atoms with E-state index in [1.54, 1.807) is 36.5 Å². The third kappa shape index (κ3) is 5.51. The van der Waals surface area contributed by atoms with E-state index in [1.165, 1.54) is 6.07 Å². The van der Waals surface area contributed by atoms with Crippen LogP contribution in [0.15, 0.2) is 83.4 Å². The molecule has 0 aliphatic carbocycles. The normalized spacial score (nSPS) is 16.7. The topological polar surface area (TPSA) is 114 Å². The number of amides is 1. The molecule has 3 heterocycles. The number of nitrogens with one attached hydrogen (secondary N) is 2. The van der Waals surface area contributed by atoms with Crippen LogP contribution in [0.4, 0.5) is 11.4 Å². The number of hydrogen-bond donors (Lipinski definition) is 2. The molecule has 4 aromatic rings. The number of rotatable bonds is 8. The van der Waals surface area contributed by atoms with E-state index in [2.05, 4.69) is 15.6 Å². The van der Waals surface area contributed by atoms with Gasteiger partial charge in [0.2, 0.25) is 5.91 Å².